The minimum Gasteiger partial charge on any atom is -1.00 e. The minimum atomic E-state index is 0. The van der Waals surface area contributed by atoms with E-state index in [1.807, 2.05) is 6.08 Å². The molecule has 0 saturated carbocycles. The van der Waals surface area contributed by atoms with Gasteiger partial charge in [0.25, 0.3) is 0 Å². The predicted octanol–water partition coefficient (Wildman–Crippen LogP) is 0.750. The van der Waals surface area contributed by atoms with E-state index in [1.165, 1.54) is 44.9 Å². The van der Waals surface area contributed by atoms with Crippen molar-refractivity contribution >= 4 is 23.1 Å². The number of hydrogen-bond acceptors (Lipinski definition) is 0. The molecule has 0 aliphatic heterocycles. The van der Waals surface area contributed by atoms with Gasteiger partial charge in [0, 0.05) is 0 Å². The average molecular weight is 213 g/mol. The molecule has 0 aromatic rings. The normalized spacial score (nSPS) is 8.08. The summed E-state index contributed by atoms with van der Waals surface area (Å²) in [5, 5.41) is 0. The number of unbranched alkanes of at least 4 members (excludes halogenated alkanes) is 7. The number of allylic oxidation sites excluding steroid dienone is 1. The van der Waals surface area contributed by atoms with Gasteiger partial charge in [0.2, 0.25) is 0 Å². The molecule has 0 aromatic heterocycles. The Labute approximate surface area is 106 Å². The van der Waals surface area contributed by atoms with Crippen molar-refractivity contribution in [3.63, 3.8) is 0 Å². The number of rotatable bonds is 8. The van der Waals surface area contributed by atoms with Gasteiger partial charge in [0.1, 0.15) is 0 Å². The first-order valence-electron chi connectivity index (χ1n) is 4.86. The Morgan fingerprint density at radius 2 is 1.62 bits per heavy atom. The first-order chi connectivity index (χ1) is 5.41. The summed E-state index contributed by atoms with van der Waals surface area (Å²) in [5.74, 6) is 0. The third kappa shape index (κ3) is 19.2. The molecule has 0 atom stereocenters. The molecular formula is C11H21ClMg. The van der Waals surface area contributed by atoms with Crippen LogP contribution in [0.25, 0.3) is 0 Å². The Balaban J connectivity index is -0.000000500. The summed E-state index contributed by atoms with van der Waals surface area (Å²) < 4.78 is 0. The van der Waals surface area contributed by atoms with Crippen LogP contribution in [0.3, 0.4) is 0 Å². The summed E-state index contributed by atoms with van der Waals surface area (Å²) in [4.78, 5) is 0. The van der Waals surface area contributed by atoms with Crippen LogP contribution in [0.5, 0.6) is 0 Å². The maximum atomic E-state index is 3.65. The van der Waals surface area contributed by atoms with E-state index in [1.54, 1.807) is 0 Å². The third-order valence-electron chi connectivity index (χ3n) is 1.89. The van der Waals surface area contributed by atoms with Crippen LogP contribution in [-0.2, 0) is 0 Å². The first-order valence-corrected chi connectivity index (χ1v) is 4.86. The van der Waals surface area contributed by atoms with Crippen molar-refractivity contribution in [3.8, 4) is 0 Å². The monoisotopic (exact) mass is 212 g/mol. The van der Waals surface area contributed by atoms with Gasteiger partial charge in [-0.3, -0.25) is 0 Å². The van der Waals surface area contributed by atoms with Crippen LogP contribution in [0.15, 0.2) is 12.7 Å². The molecule has 0 aliphatic carbocycles. The molecule has 0 aromatic carbocycles. The zero-order valence-corrected chi connectivity index (χ0v) is 11.1. The fourth-order valence-corrected chi connectivity index (χ4v) is 1.16. The van der Waals surface area contributed by atoms with Crippen molar-refractivity contribution in [3.05, 3.63) is 19.1 Å². The topological polar surface area (TPSA) is 0 Å². The van der Waals surface area contributed by atoms with Gasteiger partial charge in [-0.1, -0.05) is 45.4 Å². The second kappa shape index (κ2) is 18.4. The Morgan fingerprint density at radius 1 is 1.08 bits per heavy atom. The molecule has 0 heterocycles. The predicted molar refractivity (Wildman–Crippen MR) is 58.2 cm³/mol. The van der Waals surface area contributed by atoms with Gasteiger partial charge in [-0.15, -0.1) is 6.42 Å². The van der Waals surface area contributed by atoms with Crippen LogP contribution in [-0.4, -0.2) is 23.1 Å². The van der Waals surface area contributed by atoms with Gasteiger partial charge in [-0.25, -0.2) is 19.1 Å². The fourth-order valence-electron chi connectivity index (χ4n) is 1.16. The summed E-state index contributed by atoms with van der Waals surface area (Å²) in [6, 6.07) is 0. The van der Waals surface area contributed by atoms with Gasteiger partial charge in [-0.2, -0.15) is 0 Å². The molecule has 2 heteroatoms. The van der Waals surface area contributed by atoms with Gasteiger partial charge < -0.3 is 12.4 Å². The molecular weight excluding hydrogens is 192 g/mol. The fraction of sp³-hybridized carbons (Fsp3) is 0.727. The quantitative estimate of drug-likeness (QED) is 0.317. The van der Waals surface area contributed by atoms with Crippen LogP contribution in [0, 0.1) is 6.42 Å². The SMILES string of the molecule is C=C[CH-]CCCCCCCC.[Cl-].[Mg+2]. The van der Waals surface area contributed by atoms with E-state index in [0.717, 1.165) is 0 Å². The minimum absolute atomic E-state index is 0. The largest absolute Gasteiger partial charge is 2.00 e. The molecule has 0 unspecified atom stereocenters. The molecule has 0 rings (SSSR count). The van der Waals surface area contributed by atoms with Crippen molar-refractivity contribution in [1.82, 2.24) is 0 Å². The van der Waals surface area contributed by atoms with Crippen molar-refractivity contribution in [2.24, 2.45) is 0 Å². The standard InChI is InChI=1S/C11H21.ClH.Mg/c1-3-5-7-9-11-10-8-6-4-2;;/h3,5H,1,4,6-11H2,2H3;1H;/q-1;;+2/p-1. The molecule has 13 heavy (non-hydrogen) atoms. The molecule has 0 N–H and O–H groups in total. The summed E-state index contributed by atoms with van der Waals surface area (Å²) >= 11 is 0. The second-order valence-electron chi connectivity index (χ2n) is 3.03. The van der Waals surface area contributed by atoms with E-state index in [9.17, 15) is 0 Å². The van der Waals surface area contributed by atoms with Crippen LogP contribution in [0.2, 0.25) is 0 Å². The van der Waals surface area contributed by atoms with Crippen LogP contribution >= 0.6 is 0 Å². The van der Waals surface area contributed by atoms with E-state index in [4.69, 9.17) is 0 Å². The smallest absolute Gasteiger partial charge is 1.00 e. The first kappa shape index (κ1) is 19.3. The number of hydrogen-bond donors (Lipinski definition) is 0. The molecule has 0 bridgehead atoms. The van der Waals surface area contributed by atoms with Crippen LogP contribution in [0.1, 0.15) is 51.9 Å². The molecule has 0 amide bonds. The average Bonchev–Trinajstić information content (AvgIpc) is 2.03. The van der Waals surface area contributed by atoms with Gasteiger partial charge in [-0.05, 0) is 0 Å². The van der Waals surface area contributed by atoms with E-state index in [-0.39, 0.29) is 35.5 Å². The molecule has 0 spiro atoms. The van der Waals surface area contributed by atoms with E-state index >= 15 is 0 Å². The molecule has 0 fully saturated rings. The van der Waals surface area contributed by atoms with Crippen molar-refractivity contribution < 1.29 is 12.4 Å². The van der Waals surface area contributed by atoms with Crippen LogP contribution < -0.4 is 12.4 Å². The summed E-state index contributed by atoms with van der Waals surface area (Å²) in [5.41, 5.74) is 0. The maximum Gasteiger partial charge on any atom is 2.00 e. The number of halogens is 1. The summed E-state index contributed by atoms with van der Waals surface area (Å²) in [6.45, 7) is 5.91. The van der Waals surface area contributed by atoms with Crippen molar-refractivity contribution in [1.29, 1.82) is 0 Å². The van der Waals surface area contributed by atoms with E-state index in [0.29, 0.717) is 0 Å². The molecule has 0 saturated heterocycles. The van der Waals surface area contributed by atoms with Crippen molar-refractivity contribution in [2.45, 2.75) is 51.9 Å². The zero-order chi connectivity index (χ0) is 8.36. The third-order valence-corrected chi connectivity index (χ3v) is 1.89. The Morgan fingerprint density at radius 3 is 2.15 bits per heavy atom. The zero-order valence-electron chi connectivity index (χ0n) is 8.90. The van der Waals surface area contributed by atoms with Gasteiger partial charge >= 0.3 is 23.1 Å². The maximum absolute atomic E-state index is 3.65. The van der Waals surface area contributed by atoms with E-state index in [2.05, 4.69) is 19.9 Å². The van der Waals surface area contributed by atoms with Crippen molar-refractivity contribution in [2.75, 3.05) is 0 Å². The summed E-state index contributed by atoms with van der Waals surface area (Å²) in [6.07, 6.45) is 13.6. The Kier molecular flexibility index (Phi) is 27.4. The summed E-state index contributed by atoms with van der Waals surface area (Å²) in [7, 11) is 0. The molecule has 0 nitrogen and oxygen atoms in total. The molecule has 0 radical (unpaired) electrons. The van der Waals surface area contributed by atoms with Crippen LogP contribution in [0.4, 0.5) is 0 Å². The molecule has 0 aliphatic rings. The van der Waals surface area contributed by atoms with Gasteiger partial charge in [0.15, 0.2) is 0 Å². The van der Waals surface area contributed by atoms with Gasteiger partial charge in [0.05, 0.1) is 0 Å². The molecule has 74 valence electrons. The Bertz CT molecular complexity index is 84.2. The Hall–Kier alpha value is 0.666. The van der Waals surface area contributed by atoms with E-state index < -0.39 is 0 Å². The second-order valence-corrected chi connectivity index (χ2v) is 3.03.